The van der Waals surface area contributed by atoms with Crippen LogP contribution >= 0.6 is 0 Å². The first-order valence-electron chi connectivity index (χ1n) is 6.05. The molecule has 102 valence electrons. The van der Waals surface area contributed by atoms with Crippen LogP contribution in [-0.4, -0.2) is 30.1 Å². The maximum atomic E-state index is 13.0. The molecule has 1 unspecified atom stereocenters. The number of aryl methyl sites for hydroxylation is 1. The van der Waals surface area contributed by atoms with Gasteiger partial charge in [0.2, 0.25) is 0 Å². The zero-order chi connectivity index (χ0) is 14.0. The Kier molecular flexibility index (Phi) is 3.66. The van der Waals surface area contributed by atoms with Gasteiger partial charge in [-0.1, -0.05) is 6.07 Å². The molecule has 0 spiro atoms. The number of halogens is 1. The number of carbonyl (C=O) groups excluding carboxylic acids is 1. The van der Waals surface area contributed by atoms with E-state index in [1.54, 1.807) is 6.92 Å². The van der Waals surface area contributed by atoms with Gasteiger partial charge < -0.3 is 9.84 Å². The van der Waals surface area contributed by atoms with Crippen LogP contribution in [0.15, 0.2) is 18.2 Å². The van der Waals surface area contributed by atoms with E-state index in [0.29, 0.717) is 11.1 Å². The number of rotatable bonds is 3. The highest BCUT2D eigenvalue weighted by Gasteiger charge is 2.48. The molecule has 0 radical (unpaired) electrons. The van der Waals surface area contributed by atoms with Crippen molar-refractivity contribution in [2.24, 2.45) is 5.41 Å². The second-order valence-corrected chi connectivity index (χ2v) is 4.86. The molecule has 19 heavy (non-hydrogen) atoms. The van der Waals surface area contributed by atoms with Gasteiger partial charge in [0.25, 0.3) is 0 Å². The number of hydrogen-bond acceptors (Lipinski definition) is 3. The van der Waals surface area contributed by atoms with Crippen LogP contribution in [0.5, 0.6) is 0 Å². The Morgan fingerprint density at radius 2 is 2.26 bits per heavy atom. The topological polar surface area (TPSA) is 63.6 Å². The predicted octanol–water partition coefficient (Wildman–Crippen LogP) is 1.74. The molecule has 0 aromatic heterocycles. The fourth-order valence-electron chi connectivity index (χ4n) is 2.32. The summed E-state index contributed by atoms with van der Waals surface area (Å²) in [6, 6.07) is 4.13. The Balaban J connectivity index is 2.36. The molecule has 1 N–H and O–H groups in total. The Hall–Kier alpha value is -1.75. The van der Waals surface area contributed by atoms with E-state index in [1.807, 2.05) is 0 Å². The number of ketones is 1. The van der Waals surface area contributed by atoms with Crippen molar-refractivity contribution in [1.82, 2.24) is 0 Å². The number of Topliss-reactive ketones (excluding diaryl/α,β-unsaturated/α-hetero) is 1. The third-order valence-electron chi connectivity index (χ3n) is 3.56. The monoisotopic (exact) mass is 266 g/mol. The van der Waals surface area contributed by atoms with Crippen molar-refractivity contribution in [3.05, 3.63) is 35.1 Å². The Morgan fingerprint density at radius 3 is 2.84 bits per heavy atom. The van der Waals surface area contributed by atoms with Crippen LogP contribution < -0.4 is 0 Å². The molecule has 1 aliphatic heterocycles. The van der Waals surface area contributed by atoms with Gasteiger partial charge in [-0.15, -0.1) is 0 Å². The zero-order valence-electron chi connectivity index (χ0n) is 10.6. The highest BCUT2D eigenvalue weighted by molar-refractivity contribution is 6.04. The molecule has 0 saturated carbocycles. The van der Waals surface area contributed by atoms with Crippen LogP contribution in [0.3, 0.4) is 0 Å². The molecule has 1 saturated heterocycles. The Morgan fingerprint density at radius 1 is 1.53 bits per heavy atom. The summed E-state index contributed by atoms with van der Waals surface area (Å²) < 4.78 is 18.2. The van der Waals surface area contributed by atoms with E-state index in [4.69, 9.17) is 4.74 Å². The minimum absolute atomic E-state index is 0.0350. The second kappa shape index (κ2) is 5.09. The first-order valence-corrected chi connectivity index (χ1v) is 6.05. The van der Waals surface area contributed by atoms with Gasteiger partial charge in [-0.25, -0.2) is 4.39 Å². The van der Waals surface area contributed by atoms with Gasteiger partial charge in [-0.2, -0.15) is 0 Å². The number of benzene rings is 1. The molecule has 2 rings (SSSR count). The average molecular weight is 266 g/mol. The van der Waals surface area contributed by atoms with Gasteiger partial charge in [-0.3, -0.25) is 9.59 Å². The van der Waals surface area contributed by atoms with E-state index in [0.717, 1.165) is 0 Å². The second-order valence-electron chi connectivity index (χ2n) is 4.86. The van der Waals surface area contributed by atoms with Crippen molar-refractivity contribution in [3.63, 3.8) is 0 Å². The van der Waals surface area contributed by atoms with Gasteiger partial charge in [0.1, 0.15) is 5.82 Å². The van der Waals surface area contributed by atoms with Crippen LogP contribution in [0.4, 0.5) is 4.39 Å². The van der Waals surface area contributed by atoms with Crippen molar-refractivity contribution in [1.29, 1.82) is 0 Å². The summed E-state index contributed by atoms with van der Waals surface area (Å²) in [5.74, 6) is -1.88. The van der Waals surface area contributed by atoms with E-state index in [2.05, 4.69) is 0 Å². The molecule has 1 heterocycles. The summed E-state index contributed by atoms with van der Waals surface area (Å²) in [5.41, 5.74) is -0.248. The van der Waals surface area contributed by atoms with E-state index in [-0.39, 0.29) is 37.7 Å². The van der Waals surface area contributed by atoms with Crippen LogP contribution in [0, 0.1) is 18.2 Å². The van der Waals surface area contributed by atoms with Gasteiger partial charge in [0, 0.05) is 6.42 Å². The molecule has 4 nitrogen and oxygen atoms in total. The van der Waals surface area contributed by atoms with E-state index in [9.17, 15) is 19.1 Å². The number of ether oxygens (including phenoxy) is 1. The number of carboxylic acid groups (broad SMARTS) is 1. The van der Waals surface area contributed by atoms with Crippen molar-refractivity contribution in [3.8, 4) is 0 Å². The lowest BCUT2D eigenvalue weighted by Crippen LogP contribution is -2.48. The maximum Gasteiger partial charge on any atom is 0.319 e. The number of hydrogen-bond donors (Lipinski definition) is 1. The standard InChI is InChI=1S/C14H15FO4/c1-9-6-11(15)3-2-10(9)7-14(13(17)18)8-19-5-4-12(14)16/h2-3,6H,4-5,7-8H2,1H3,(H,17,18). The lowest BCUT2D eigenvalue weighted by atomic mass is 9.75. The largest absolute Gasteiger partial charge is 0.480 e. The molecular formula is C14H15FO4. The highest BCUT2D eigenvalue weighted by atomic mass is 19.1. The molecular weight excluding hydrogens is 251 g/mol. The normalized spacial score (nSPS) is 23.4. The lowest BCUT2D eigenvalue weighted by molar-refractivity contribution is -0.164. The van der Waals surface area contributed by atoms with Crippen molar-refractivity contribution in [2.45, 2.75) is 19.8 Å². The predicted molar refractivity (Wildman–Crippen MR) is 65.4 cm³/mol. The van der Waals surface area contributed by atoms with E-state index in [1.165, 1.54) is 18.2 Å². The van der Waals surface area contributed by atoms with Crippen LogP contribution in [-0.2, 0) is 20.7 Å². The molecule has 1 aromatic carbocycles. The number of carboxylic acids is 1. The molecule has 0 aliphatic carbocycles. The fraction of sp³-hybridized carbons (Fsp3) is 0.429. The molecule has 0 amide bonds. The van der Waals surface area contributed by atoms with Gasteiger partial charge >= 0.3 is 5.97 Å². The minimum atomic E-state index is -1.54. The Bertz CT molecular complexity index is 526. The lowest BCUT2D eigenvalue weighted by Gasteiger charge is -2.32. The highest BCUT2D eigenvalue weighted by Crippen LogP contribution is 2.31. The molecule has 0 bridgehead atoms. The van der Waals surface area contributed by atoms with Crippen molar-refractivity contribution in [2.75, 3.05) is 13.2 Å². The van der Waals surface area contributed by atoms with Crippen LogP contribution in [0.1, 0.15) is 17.5 Å². The summed E-state index contributed by atoms with van der Waals surface area (Å²) in [6.07, 6.45) is 0.139. The maximum absolute atomic E-state index is 13.0. The quantitative estimate of drug-likeness (QED) is 0.846. The summed E-state index contributed by atoms with van der Waals surface area (Å²) in [7, 11) is 0. The van der Waals surface area contributed by atoms with E-state index >= 15 is 0 Å². The zero-order valence-corrected chi connectivity index (χ0v) is 10.6. The Labute approximate surface area is 110 Å². The SMILES string of the molecule is Cc1cc(F)ccc1CC1(C(=O)O)COCCC1=O. The molecule has 5 heteroatoms. The molecule has 1 aliphatic rings. The molecule has 1 fully saturated rings. The fourth-order valence-corrected chi connectivity index (χ4v) is 2.32. The molecule has 1 aromatic rings. The molecule has 1 atom stereocenters. The van der Waals surface area contributed by atoms with Gasteiger partial charge in [0.15, 0.2) is 11.2 Å². The third kappa shape index (κ3) is 2.51. The minimum Gasteiger partial charge on any atom is -0.480 e. The van der Waals surface area contributed by atoms with Gasteiger partial charge in [-0.05, 0) is 36.6 Å². The van der Waals surface area contributed by atoms with Crippen molar-refractivity contribution < 1.29 is 23.8 Å². The smallest absolute Gasteiger partial charge is 0.319 e. The average Bonchev–Trinajstić information content (AvgIpc) is 2.35. The third-order valence-corrected chi connectivity index (χ3v) is 3.56. The van der Waals surface area contributed by atoms with Crippen LogP contribution in [0.25, 0.3) is 0 Å². The first-order chi connectivity index (χ1) is 8.95. The summed E-state index contributed by atoms with van der Waals surface area (Å²) in [6.45, 7) is 1.83. The summed E-state index contributed by atoms with van der Waals surface area (Å²) in [4.78, 5) is 23.5. The van der Waals surface area contributed by atoms with Gasteiger partial charge in [0.05, 0.1) is 13.2 Å². The van der Waals surface area contributed by atoms with Crippen LogP contribution in [0.2, 0.25) is 0 Å². The van der Waals surface area contributed by atoms with Crippen molar-refractivity contribution >= 4 is 11.8 Å². The number of carbonyl (C=O) groups is 2. The summed E-state index contributed by atoms with van der Waals surface area (Å²) >= 11 is 0. The summed E-state index contributed by atoms with van der Waals surface area (Å²) in [5, 5.41) is 9.39. The first kappa shape index (κ1) is 13.7. The number of aliphatic carboxylic acids is 1. The van der Waals surface area contributed by atoms with E-state index < -0.39 is 11.4 Å².